The Bertz CT molecular complexity index is 545. The number of aromatic nitrogens is 1. The summed E-state index contributed by atoms with van der Waals surface area (Å²) in [5.74, 6) is 0. The number of nitrogens with zero attached hydrogens (tertiary/aromatic N) is 3. The minimum Gasteiger partial charge on any atom is -0.442 e. The van der Waals surface area contributed by atoms with E-state index in [1.807, 2.05) is 0 Å². The molecule has 6 heteroatoms. The number of carbonyl (C=O) groups excluding carboxylic acids is 1. The number of amides is 1. The van der Waals surface area contributed by atoms with Crippen molar-refractivity contribution in [1.82, 2.24) is 10.0 Å². The third kappa shape index (κ3) is 3.25. The summed E-state index contributed by atoms with van der Waals surface area (Å²) >= 11 is 0. The summed E-state index contributed by atoms with van der Waals surface area (Å²) in [6.45, 7) is 12.9. The van der Waals surface area contributed by atoms with E-state index < -0.39 is 11.7 Å². The maximum absolute atomic E-state index is 12.1. The minimum absolute atomic E-state index is 0.265. The molecule has 1 aliphatic rings. The lowest BCUT2D eigenvalue weighted by molar-refractivity contribution is -0.125. The predicted octanol–water partition coefficient (Wildman–Crippen LogP) is 3.25. The molecule has 20 heavy (non-hydrogen) atoms. The molecule has 0 aromatic carbocycles. The van der Waals surface area contributed by atoms with Crippen molar-refractivity contribution in [3.63, 3.8) is 0 Å². The van der Waals surface area contributed by atoms with E-state index in [0.29, 0.717) is 18.7 Å². The lowest BCUT2D eigenvalue weighted by Crippen LogP contribution is -2.35. The Labute approximate surface area is 118 Å². The number of pyridine rings is 1. The van der Waals surface area contributed by atoms with E-state index in [9.17, 15) is 4.79 Å². The van der Waals surface area contributed by atoms with Gasteiger partial charge in [-0.2, -0.15) is 5.06 Å². The zero-order chi connectivity index (χ0) is 14.8. The SMILES string of the molecule is [C-]#[N+]c1cncc([C@@H]2CCON2C(=O)OC(C)(C)C)c1. The first-order valence-corrected chi connectivity index (χ1v) is 6.38. The Balaban J connectivity index is 2.19. The van der Waals surface area contributed by atoms with E-state index in [4.69, 9.17) is 16.1 Å². The first kappa shape index (κ1) is 14.3. The van der Waals surface area contributed by atoms with E-state index in [1.54, 1.807) is 33.0 Å². The van der Waals surface area contributed by atoms with Crippen LogP contribution in [0.25, 0.3) is 4.85 Å². The van der Waals surface area contributed by atoms with Crippen molar-refractivity contribution in [2.45, 2.75) is 38.8 Å². The Kier molecular flexibility index (Phi) is 3.91. The van der Waals surface area contributed by atoms with Crippen molar-refractivity contribution in [1.29, 1.82) is 0 Å². The highest BCUT2D eigenvalue weighted by Crippen LogP contribution is 2.32. The molecule has 0 saturated carbocycles. The molecule has 1 amide bonds. The van der Waals surface area contributed by atoms with Crippen molar-refractivity contribution < 1.29 is 14.4 Å². The van der Waals surface area contributed by atoms with Crippen LogP contribution in [-0.4, -0.2) is 28.3 Å². The third-order valence-electron chi connectivity index (χ3n) is 2.74. The average Bonchev–Trinajstić information content (AvgIpc) is 2.86. The normalized spacial score (nSPS) is 18.7. The molecular weight excluding hydrogens is 258 g/mol. The Morgan fingerprint density at radius 2 is 2.30 bits per heavy atom. The van der Waals surface area contributed by atoms with E-state index in [2.05, 4.69) is 9.83 Å². The van der Waals surface area contributed by atoms with Gasteiger partial charge in [0.05, 0.1) is 19.2 Å². The fraction of sp³-hybridized carbons (Fsp3) is 0.500. The van der Waals surface area contributed by atoms with Gasteiger partial charge in [-0.3, -0.25) is 9.82 Å². The average molecular weight is 275 g/mol. The highest BCUT2D eigenvalue weighted by Gasteiger charge is 2.35. The Morgan fingerprint density at radius 3 is 2.95 bits per heavy atom. The van der Waals surface area contributed by atoms with Crippen molar-refractivity contribution in [3.8, 4) is 0 Å². The maximum Gasteiger partial charge on any atom is 0.435 e. The van der Waals surface area contributed by atoms with E-state index in [1.165, 1.54) is 11.3 Å². The Morgan fingerprint density at radius 1 is 1.55 bits per heavy atom. The number of rotatable bonds is 1. The van der Waals surface area contributed by atoms with Gasteiger partial charge in [0, 0.05) is 18.8 Å². The van der Waals surface area contributed by atoms with Crippen molar-refractivity contribution in [3.05, 3.63) is 35.4 Å². The smallest absolute Gasteiger partial charge is 0.435 e. The molecule has 1 aliphatic heterocycles. The third-order valence-corrected chi connectivity index (χ3v) is 2.74. The zero-order valence-corrected chi connectivity index (χ0v) is 11.8. The standard InChI is InChI=1S/C14H17N3O3/c1-14(2,3)20-13(18)17-12(5-6-19-17)10-7-11(15-4)9-16-8-10/h7-9,12H,5-6H2,1-3H3/t12-/m0/s1. The van der Waals surface area contributed by atoms with Gasteiger partial charge in [0.1, 0.15) is 5.60 Å². The summed E-state index contributed by atoms with van der Waals surface area (Å²) in [5, 5.41) is 1.23. The van der Waals surface area contributed by atoms with Gasteiger partial charge in [0.15, 0.2) is 0 Å². The van der Waals surface area contributed by atoms with Gasteiger partial charge in [0.2, 0.25) is 5.69 Å². The van der Waals surface area contributed by atoms with Crippen LogP contribution < -0.4 is 0 Å². The first-order chi connectivity index (χ1) is 9.40. The summed E-state index contributed by atoms with van der Waals surface area (Å²) in [6.07, 6.45) is 3.27. The zero-order valence-electron chi connectivity index (χ0n) is 11.8. The quantitative estimate of drug-likeness (QED) is 0.738. The topological polar surface area (TPSA) is 56.0 Å². The molecule has 1 aromatic rings. The second-order valence-electron chi connectivity index (χ2n) is 5.53. The van der Waals surface area contributed by atoms with Crippen LogP contribution >= 0.6 is 0 Å². The van der Waals surface area contributed by atoms with Gasteiger partial charge in [-0.1, -0.05) is 0 Å². The maximum atomic E-state index is 12.1. The fourth-order valence-corrected chi connectivity index (χ4v) is 1.95. The highest BCUT2D eigenvalue weighted by molar-refractivity contribution is 5.68. The number of hydrogen-bond acceptors (Lipinski definition) is 4. The number of hydrogen-bond donors (Lipinski definition) is 0. The van der Waals surface area contributed by atoms with Crippen LogP contribution in [0, 0.1) is 6.57 Å². The van der Waals surface area contributed by atoms with Crippen LogP contribution in [0.3, 0.4) is 0 Å². The molecular formula is C14H17N3O3. The summed E-state index contributed by atoms with van der Waals surface area (Å²) in [7, 11) is 0. The second-order valence-corrected chi connectivity index (χ2v) is 5.53. The highest BCUT2D eigenvalue weighted by atomic mass is 16.7. The molecule has 1 saturated heterocycles. The Hall–Kier alpha value is -2.13. The lowest BCUT2D eigenvalue weighted by Gasteiger charge is -2.27. The van der Waals surface area contributed by atoms with E-state index in [0.717, 1.165) is 5.56 Å². The van der Waals surface area contributed by atoms with Crippen LogP contribution in [-0.2, 0) is 9.57 Å². The van der Waals surface area contributed by atoms with Gasteiger partial charge < -0.3 is 4.74 Å². The molecule has 1 fully saturated rings. The van der Waals surface area contributed by atoms with Crippen LogP contribution in [0.2, 0.25) is 0 Å². The van der Waals surface area contributed by atoms with Gasteiger partial charge in [-0.25, -0.2) is 9.64 Å². The second kappa shape index (κ2) is 5.47. The molecule has 0 N–H and O–H groups in total. The summed E-state index contributed by atoms with van der Waals surface area (Å²) < 4.78 is 5.31. The van der Waals surface area contributed by atoms with Crippen LogP contribution in [0.4, 0.5) is 10.5 Å². The number of carbonyl (C=O) groups is 1. The van der Waals surface area contributed by atoms with Crippen LogP contribution in [0.1, 0.15) is 38.8 Å². The molecule has 0 spiro atoms. The molecule has 106 valence electrons. The van der Waals surface area contributed by atoms with E-state index in [-0.39, 0.29) is 6.04 Å². The minimum atomic E-state index is -0.579. The predicted molar refractivity (Wildman–Crippen MR) is 71.9 cm³/mol. The molecule has 0 bridgehead atoms. The van der Waals surface area contributed by atoms with Gasteiger partial charge in [-0.05, 0) is 32.4 Å². The molecule has 1 atom stereocenters. The van der Waals surface area contributed by atoms with Crippen LogP contribution in [0.5, 0.6) is 0 Å². The summed E-state index contributed by atoms with van der Waals surface area (Å²) in [6, 6.07) is 1.45. The number of ether oxygens (including phenoxy) is 1. The molecule has 0 radical (unpaired) electrons. The molecule has 6 nitrogen and oxygen atoms in total. The van der Waals surface area contributed by atoms with Gasteiger partial charge >= 0.3 is 6.09 Å². The van der Waals surface area contributed by atoms with Gasteiger partial charge in [-0.15, -0.1) is 0 Å². The monoisotopic (exact) mass is 275 g/mol. The number of hydroxylamine groups is 2. The molecule has 1 aromatic heterocycles. The van der Waals surface area contributed by atoms with Crippen molar-refractivity contribution >= 4 is 11.8 Å². The van der Waals surface area contributed by atoms with Crippen LogP contribution in [0.15, 0.2) is 18.5 Å². The first-order valence-electron chi connectivity index (χ1n) is 6.38. The summed E-state index contributed by atoms with van der Waals surface area (Å²) in [4.78, 5) is 24.8. The van der Waals surface area contributed by atoms with Crippen molar-refractivity contribution in [2.24, 2.45) is 0 Å². The van der Waals surface area contributed by atoms with E-state index >= 15 is 0 Å². The lowest BCUT2D eigenvalue weighted by atomic mass is 10.1. The summed E-state index contributed by atoms with van der Waals surface area (Å²) in [5.41, 5.74) is 0.643. The largest absolute Gasteiger partial charge is 0.442 e. The van der Waals surface area contributed by atoms with Gasteiger partial charge in [0.25, 0.3) is 0 Å². The molecule has 0 aliphatic carbocycles. The molecule has 0 unspecified atom stereocenters. The fourth-order valence-electron chi connectivity index (χ4n) is 1.95. The van der Waals surface area contributed by atoms with Crippen molar-refractivity contribution in [2.75, 3.05) is 6.61 Å². The molecule has 2 heterocycles. The molecule has 2 rings (SSSR count).